The Morgan fingerprint density at radius 1 is 1.04 bits per heavy atom. The van der Waals surface area contributed by atoms with Gasteiger partial charge in [-0.2, -0.15) is 0 Å². The van der Waals surface area contributed by atoms with Crippen molar-refractivity contribution >= 4 is 17.5 Å². The lowest BCUT2D eigenvalue weighted by Crippen LogP contribution is -2.41. The second-order valence-electron chi connectivity index (χ2n) is 6.04. The number of aliphatic hydroxyl groups is 1. The average molecular weight is 340 g/mol. The minimum absolute atomic E-state index is 0.328. The van der Waals surface area contributed by atoms with Crippen LogP contribution in [0.25, 0.3) is 0 Å². The summed E-state index contributed by atoms with van der Waals surface area (Å²) in [4.78, 5) is 24.0. The van der Waals surface area contributed by atoms with Gasteiger partial charge < -0.3 is 15.7 Å². The largest absolute Gasteiger partial charge is 0.388 e. The van der Waals surface area contributed by atoms with Crippen molar-refractivity contribution in [2.24, 2.45) is 0 Å². The maximum atomic E-state index is 12.0. The van der Waals surface area contributed by atoms with Gasteiger partial charge in [-0.05, 0) is 43.0 Å². The Hall–Kier alpha value is -2.66. The van der Waals surface area contributed by atoms with Crippen LogP contribution in [-0.2, 0) is 16.0 Å². The predicted octanol–water partition coefficient (Wildman–Crippen LogP) is 2.82. The Bertz CT molecular complexity index is 716. The van der Waals surface area contributed by atoms with Crippen LogP contribution in [-0.4, -0.2) is 23.0 Å². The highest BCUT2D eigenvalue weighted by Crippen LogP contribution is 2.17. The van der Waals surface area contributed by atoms with Crippen molar-refractivity contribution in [3.05, 3.63) is 65.7 Å². The molecule has 0 fully saturated rings. The number of carbonyl (C=O) groups excluding carboxylic acids is 2. The molecule has 0 heterocycles. The van der Waals surface area contributed by atoms with Crippen molar-refractivity contribution in [2.45, 2.75) is 38.8 Å². The highest BCUT2D eigenvalue weighted by molar-refractivity contribution is 6.39. The number of hydrogen-bond acceptors (Lipinski definition) is 3. The molecular formula is C20H24N2O3. The normalized spacial score (nSPS) is 12.9. The molecule has 0 bridgehead atoms. The molecule has 132 valence electrons. The van der Waals surface area contributed by atoms with Crippen LogP contribution in [0.2, 0.25) is 0 Å². The lowest BCUT2D eigenvalue weighted by Gasteiger charge is -2.18. The zero-order chi connectivity index (χ0) is 18.2. The van der Waals surface area contributed by atoms with E-state index < -0.39 is 17.9 Å². The molecule has 0 saturated carbocycles. The highest BCUT2D eigenvalue weighted by Gasteiger charge is 2.19. The molecule has 2 aromatic carbocycles. The first-order valence-corrected chi connectivity index (χ1v) is 8.43. The van der Waals surface area contributed by atoms with Gasteiger partial charge in [0.05, 0.1) is 6.10 Å². The van der Waals surface area contributed by atoms with Gasteiger partial charge in [-0.15, -0.1) is 0 Å². The van der Waals surface area contributed by atoms with Crippen LogP contribution in [0.4, 0.5) is 5.69 Å². The minimum Gasteiger partial charge on any atom is -0.388 e. The Labute approximate surface area is 148 Å². The summed E-state index contributed by atoms with van der Waals surface area (Å²) in [6, 6.07) is 16.3. The van der Waals surface area contributed by atoms with Gasteiger partial charge in [0.2, 0.25) is 0 Å². The molecule has 0 aliphatic rings. The first-order chi connectivity index (χ1) is 12.0. The predicted molar refractivity (Wildman–Crippen MR) is 98.1 cm³/mol. The zero-order valence-corrected chi connectivity index (χ0v) is 14.5. The second-order valence-corrected chi connectivity index (χ2v) is 6.04. The SMILES string of the molecule is CCc1cccc(NC(=O)C(=O)NC(C)CC(O)c2ccccc2)c1. The van der Waals surface area contributed by atoms with Gasteiger partial charge in [-0.25, -0.2) is 0 Å². The number of nitrogens with one attached hydrogen (secondary N) is 2. The third kappa shape index (κ3) is 5.72. The summed E-state index contributed by atoms with van der Waals surface area (Å²) in [5.41, 5.74) is 2.46. The molecule has 25 heavy (non-hydrogen) atoms. The maximum Gasteiger partial charge on any atom is 0.313 e. The van der Waals surface area contributed by atoms with Crippen molar-refractivity contribution < 1.29 is 14.7 Å². The van der Waals surface area contributed by atoms with Gasteiger partial charge in [-0.1, -0.05) is 49.4 Å². The molecule has 2 amide bonds. The Morgan fingerprint density at radius 2 is 1.76 bits per heavy atom. The van der Waals surface area contributed by atoms with E-state index in [2.05, 4.69) is 10.6 Å². The van der Waals surface area contributed by atoms with Gasteiger partial charge in [0, 0.05) is 11.7 Å². The van der Waals surface area contributed by atoms with Gasteiger partial charge in [0.1, 0.15) is 0 Å². The Kier molecular flexibility index (Phi) is 6.71. The van der Waals surface area contributed by atoms with Crippen LogP contribution in [0.15, 0.2) is 54.6 Å². The summed E-state index contributed by atoms with van der Waals surface area (Å²) in [6.45, 7) is 3.78. The number of rotatable bonds is 6. The lowest BCUT2D eigenvalue weighted by molar-refractivity contribution is -0.136. The van der Waals surface area contributed by atoms with Crippen molar-refractivity contribution in [1.29, 1.82) is 0 Å². The molecule has 0 aliphatic heterocycles. The Balaban J connectivity index is 1.86. The van der Waals surface area contributed by atoms with E-state index in [4.69, 9.17) is 0 Å². The van der Waals surface area contributed by atoms with Crippen LogP contribution < -0.4 is 10.6 Å². The summed E-state index contributed by atoms with van der Waals surface area (Å²) in [7, 11) is 0. The Morgan fingerprint density at radius 3 is 2.44 bits per heavy atom. The number of carbonyl (C=O) groups is 2. The number of benzene rings is 2. The monoisotopic (exact) mass is 340 g/mol. The number of aliphatic hydroxyl groups excluding tert-OH is 1. The summed E-state index contributed by atoms with van der Waals surface area (Å²) in [5, 5.41) is 15.4. The third-order valence-corrected chi connectivity index (χ3v) is 3.94. The molecule has 5 heteroatoms. The average Bonchev–Trinajstić information content (AvgIpc) is 2.62. The first-order valence-electron chi connectivity index (χ1n) is 8.43. The van der Waals surface area contributed by atoms with Crippen LogP contribution >= 0.6 is 0 Å². The minimum atomic E-state index is -0.714. The molecule has 2 aromatic rings. The second kappa shape index (κ2) is 8.99. The van der Waals surface area contributed by atoms with E-state index in [1.165, 1.54) is 0 Å². The number of amides is 2. The van der Waals surface area contributed by atoms with Gasteiger partial charge in [0.25, 0.3) is 0 Å². The number of hydrogen-bond donors (Lipinski definition) is 3. The molecule has 0 radical (unpaired) electrons. The summed E-state index contributed by atoms with van der Waals surface area (Å²) in [6.07, 6.45) is 0.486. The molecular weight excluding hydrogens is 316 g/mol. The number of aryl methyl sites for hydroxylation is 1. The van der Waals surface area contributed by atoms with Crippen molar-refractivity contribution in [2.75, 3.05) is 5.32 Å². The van der Waals surface area contributed by atoms with Crippen LogP contribution in [0.5, 0.6) is 0 Å². The van der Waals surface area contributed by atoms with Crippen LogP contribution in [0, 0.1) is 0 Å². The van der Waals surface area contributed by atoms with Crippen molar-refractivity contribution in [3.8, 4) is 0 Å². The molecule has 0 aromatic heterocycles. The smallest absolute Gasteiger partial charge is 0.313 e. The van der Waals surface area contributed by atoms with E-state index in [0.717, 1.165) is 17.5 Å². The highest BCUT2D eigenvalue weighted by atomic mass is 16.3. The van der Waals surface area contributed by atoms with Gasteiger partial charge in [-0.3, -0.25) is 9.59 Å². The fraction of sp³-hybridized carbons (Fsp3) is 0.300. The standard InChI is InChI=1S/C20H24N2O3/c1-3-15-8-7-11-17(13-15)22-20(25)19(24)21-14(2)12-18(23)16-9-5-4-6-10-16/h4-11,13-14,18,23H,3,12H2,1-2H3,(H,21,24)(H,22,25). The summed E-state index contributed by atoms with van der Waals surface area (Å²) < 4.78 is 0. The van der Waals surface area contributed by atoms with E-state index in [9.17, 15) is 14.7 Å². The molecule has 2 atom stereocenters. The first kappa shape index (κ1) is 18.7. The molecule has 0 aliphatic carbocycles. The summed E-state index contributed by atoms with van der Waals surface area (Å²) in [5.74, 6) is -1.43. The topological polar surface area (TPSA) is 78.4 Å². The molecule has 5 nitrogen and oxygen atoms in total. The molecule has 2 rings (SSSR count). The van der Waals surface area contributed by atoms with Crippen LogP contribution in [0.3, 0.4) is 0 Å². The zero-order valence-electron chi connectivity index (χ0n) is 14.5. The molecule has 0 saturated heterocycles. The van der Waals surface area contributed by atoms with E-state index in [-0.39, 0.29) is 6.04 Å². The number of anilines is 1. The fourth-order valence-electron chi connectivity index (χ4n) is 2.55. The van der Waals surface area contributed by atoms with Gasteiger partial charge >= 0.3 is 11.8 Å². The van der Waals surface area contributed by atoms with E-state index in [1.807, 2.05) is 55.5 Å². The molecule has 2 unspecified atom stereocenters. The van der Waals surface area contributed by atoms with E-state index in [1.54, 1.807) is 13.0 Å². The molecule has 3 N–H and O–H groups in total. The van der Waals surface area contributed by atoms with E-state index in [0.29, 0.717) is 12.1 Å². The van der Waals surface area contributed by atoms with E-state index >= 15 is 0 Å². The van der Waals surface area contributed by atoms with Gasteiger partial charge in [0.15, 0.2) is 0 Å². The van der Waals surface area contributed by atoms with Crippen molar-refractivity contribution in [3.63, 3.8) is 0 Å². The quantitative estimate of drug-likeness (QED) is 0.708. The van der Waals surface area contributed by atoms with Crippen LogP contribution in [0.1, 0.15) is 37.5 Å². The summed E-state index contributed by atoms with van der Waals surface area (Å²) >= 11 is 0. The lowest BCUT2D eigenvalue weighted by atomic mass is 10.0. The fourth-order valence-corrected chi connectivity index (χ4v) is 2.55. The molecule has 0 spiro atoms. The third-order valence-electron chi connectivity index (χ3n) is 3.94. The van der Waals surface area contributed by atoms with Crippen molar-refractivity contribution in [1.82, 2.24) is 5.32 Å². The maximum absolute atomic E-state index is 12.0.